The molecule has 0 amide bonds. The Bertz CT molecular complexity index is 144. The Morgan fingerprint density at radius 2 is 1.89 bits per heavy atom. The van der Waals surface area contributed by atoms with Crippen molar-refractivity contribution in [3.63, 3.8) is 0 Å². The molecule has 7 heteroatoms. The molecule has 0 radical (unpaired) electrons. The highest BCUT2D eigenvalue weighted by molar-refractivity contribution is 7.87. The molecule has 5 nitrogen and oxygen atoms in total. The molecule has 58 valence electrons. The largest absolute Gasteiger partial charge is 0.329 e. The first-order chi connectivity index (χ1) is 3.56. The maximum Gasteiger partial charge on any atom is 0.274 e. The van der Waals surface area contributed by atoms with E-state index in [0.29, 0.717) is 0 Å². The van der Waals surface area contributed by atoms with Gasteiger partial charge in [0.15, 0.2) is 0 Å². The molecule has 0 saturated heterocycles. The third kappa shape index (κ3) is 11.6. The van der Waals surface area contributed by atoms with Gasteiger partial charge in [0.1, 0.15) is 0 Å². The molecule has 0 saturated carbocycles. The molecule has 0 unspecified atom stereocenters. The van der Waals surface area contributed by atoms with Gasteiger partial charge in [-0.15, -0.1) is 12.4 Å². The number of nitrogens with one attached hydrogen (secondary N) is 1. The van der Waals surface area contributed by atoms with Crippen molar-refractivity contribution in [2.75, 3.05) is 13.1 Å². The molecule has 0 aliphatic heterocycles. The summed E-state index contributed by atoms with van der Waals surface area (Å²) in [6, 6.07) is 0. The summed E-state index contributed by atoms with van der Waals surface area (Å²) >= 11 is 0. The van der Waals surface area contributed by atoms with Gasteiger partial charge in [0.25, 0.3) is 10.2 Å². The summed E-state index contributed by atoms with van der Waals surface area (Å²) in [5.41, 5.74) is 4.95. The van der Waals surface area contributed by atoms with Gasteiger partial charge in [-0.1, -0.05) is 0 Å². The third-order valence-electron chi connectivity index (χ3n) is 0.448. The van der Waals surface area contributed by atoms with Crippen LogP contribution < -0.4 is 15.6 Å². The molecule has 0 aliphatic rings. The fourth-order valence-corrected chi connectivity index (χ4v) is 0.604. The smallest absolute Gasteiger partial charge is 0.274 e. The van der Waals surface area contributed by atoms with Crippen molar-refractivity contribution >= 4 is 22.6 Å². The van der Waals surface area contributed by atoms with Gasteiger partial charge in [-0.25, -0.2) is 9.86 Å². The standard InChI is InChI=1S/C2H9N3O2S.ClH/c3-1-2-5-8(4,6)7;/h5H,1-3H2,(H2,4,6,7);1H. The maximum absolute atomic E-state index is 10.0. The van der Waals surface area contributed by atoms with E-state index in [1.807, 2.05) is 4.72 Å². The zero-order chi connectivity index (χ0) is 6.62. The van der Waals surface area contributed by atoms with Crippen molar-refractivity contribution in [3.8, 4) is 0 Å². The zero-order valence-corrected chi connectivity index (χ0v) is 6.33. The summed E-state index contributed by atoms with van der Waals surface area (Å²) in [5, 5.41) is 4.53. The monoisotopic (exact) mass is 175 g/mol. The minimum Gasteiger partial charge on any atom is -0.329 e. The van der Waals surface area contributed by atoms with E-state index in [1.54, 1.807) is 0 Å². The minimum absolute atomic E-state index is 0. The van der Waals surface area contributed by atoms with Crippen molar-refractivity contribution in [2.45, 2.75) is 0 Å². The molecule has 0 aromatic carbocycles. The van der Waals surface area contributed by atoms with Crippen molar-refractivity contribution in [1.29, 1.82) is 0 Å². The van der Waals surface area contributed by atoms with E-state index in [0.717, 1.165) is 0 Å². The van der Waals surface area contributed by atoms with Gasteiger partial charge in [0.2, 0.25) is 0 Å². The van der Waals surface area contributed by atoms with Gasteiger partial charge >= 0.3 is 0 Å². The topological polar surface area (TPSA) is 98.2 Å². The van der Waals surface area contributed by atoms with Gasteiger partial charge in [-0.2, -0.15) is 8.42 Å². The van der Waals surface area contributed by atoms with Crippen LogP contribution in [-0.4, -0.2) is 21.5 Å². The van der Waals surface area contributed by atoms with Crippen LogP contribution in [0.3, 0.4) is 0 Å². The Morgan fingerprint density at radius 3 is 2.00 bits per heavy atom. The van der Waals surface area contributed by atoms with Gasteiger partial charge < -0.3 is 5.73 Å². The van der Waals surface area contributed by atoms with Gasteiger partial charge in [-0.05, 0) is 0 Å². The number of halogens is 1. The molecule has 0 aliphatic carbocycles. The van der Waals surface area contributed by atoms with Crippen LogP contribution in [0.5, 0.6) is 0 Å². The SMILES string of the molecule is Cl.NCCNS(N)(=O)=O. The Labute approximate surface area is 60.4 Å². The van der Waals surface area contributed by atoms with Gasteiger partial charge in [-0.3, -0.25) is 0 Å². The van der Waals surface area contributed by atoms with Crippen LogP contribution >= 0.6 is 12.4 Å². The lowest BCUT2D eigenvalue weighted by atomic mass is 10.7. The highest BCUT2D eigenvalue weighted by Gasteiger charge is 1.95. The molecule has 0 heterocycles. The maximum atomic E-state index is 10.0. The molecule has 0 aromatic heterocycles. The lowest BCUT2D eigenvalue weighted by Crippen LogP contribution is -2.34. The molecule has 9 heavy (non-hydrogen) atoms. The van der Waals surface area contributed by atoms with Gasteiger partial charge in [0, 0.05) is 13.1 Å². The number of nitrogens with two attached hydrogens (primary N) is 2. The molecular formula is C2H10ClN3O2S. The Morgan fingerprint density at radius 1 is 1.44 bits per heavy atom. The van der Waals surface area contributed by atoms with Crippen LogP contribution in [0, 0.1) is 0 Å². The van der Waals surface area contributed by atoms with Crippen LogP contribution in [0.25, 0.3) is 0 Å². The summed E-state index contributed by atoms with van der Waals surface area (Å²) in [6.07, 6.45) is 0. The highest BCUT2D eigenvalue weighted by atomic mass is 35.5. The molecular weight excluding hydrogens is 166 g/mol. The summed E-state index contributed by atoms with van der Waals surface area (Å²) in [5.74, 6) is 0. The van der Waals surface area contributed by atoms with Crippen LogP contribution in [0.15, 0.2) is 0 Å². The fourth-order valence-electron chi connectivity index (χ4n) is 0.201. The quantitative estimate of drug-likeness (QED) is 0.470. The Balaban J connectivity index is 0. The first kappa shape index (κ1) is 11.9. The summed E-state index contributed by atoms with van der Waals surface area (Å²) in [4.78, 5) is 0. The molecule has 0 rings (SSSR count). The number of hydrogen-bond donors (Lipinski definition) is 3. The second-order valence-corrected chi connectivity index (χ2v) is 2.61. The predicted octanol–water partition coefficient (Wildman–Crippen LogP) is -1.84. The molecule has 0 atom stereocenters. The highest BCUT2D eigenvalue weighted by Crippen LogP contribution is 1.61. The van der Waals surface area contributed by atoms with Crippen LogP contribution in [0.4, 0.5) is 0 Å². The Kier molecular flexibility index (Phi) is 6.52. The molecule has 0 bridgehead atoms. The molecule has 0 spiro atoms. The van der Waals surface area contributed by atoms with Gasteiger partial charge in [0.05, 0.1) is 0 Å². The van der Waals surface area contributed by atoms with E-state index < -0.39 is 10.2 Å². The minimum atomic E-state index is -3.52. The lowest BCUT2D eigenvalue weighted by molar-refractivity contribution is 0.584. The average molecular weight is 176 g/mol. The lowest BCUT2D eigenvalue weighted by Gasteiger charge is -1.95. The van der Waals surface area contributed by atoms with E-state index in [1.165, 1.54) is 0 Å². The summed E-state index contributed by atoms with van der Waals surface area (Å²) in [6.45, 7) is 0.454. The second-order valence-electron chi connectivity index (χ2n) is 1.23. The summed E-state index contributed by atoms with van der Waals surface area (Å²) < 4.78 is 22.0. The number of rotatable bonds is 3. The molecule has 5 N–H and O–H groups in total. The van der Waals surface area contributed by atoms with Crippen molar-refractivity contribution in [2.24, 2.45) is 10.9 Å². The fraction of sp³-hybridized carbons (Fsp3) is 1.00. The Hall–Kier alpha value is 0.120. The second kappa shape index (κ2) is 4.95. The van der Waals surface area contributed by atoms with Crippen molar-refractivity contribution in [3.05, 3.63) is 0 Å². The first-order valence-electron chi connectivity index (χ1n) is 2.03. The van der Waals surface area contributed by atoms with E-state index >= 15 is 0 Å². The average Bonchev–Trinajstić information content (AvgIpc) is 1.59. The normalized spacial score (nSPS) is 10.4. The predicted molar refractivity (Wildman–Crippen MR) is 37.4 cm³/mol. The first-order valence-corrected chi connectivity index (χ1v) is 3.58. The van der Waals surface area contributed by atoms with E-state index in [9.17, 15) is 8.42 Å². The van der Waals surface area contributed by atoms with E-state index in [-0.39, 0.29) is 25.5 Å². The zero-order valence-electron chi connectivity index (χ0n) is 4.70. The van der Waals surface area contributed by atoms with Crippen molar-refractivity contribution < 1.29 is 8.42 Å². The van der Waals surface area contributed by atoms with Crippen molar-refractivity contribution in [1.82, 2.24) is 4.72 Å². The summed E-state index contributed by atoms with van der Waals surface area (Å²) in [7, 11) is -3.52. The van der Waals surface area contributed by atoms with Crippen LogP contribution in [0.2, 0.25) is 0 Å². The number of hydrogen-bond acceptors (Lipinski definition) is 3. The molecule has 0 aromatic rings. The van der Waals surface area contributed by atoms with Crippen LogP contribution in [-0.2, 0) is 10.2 Å². The van der Waals surface area contributed by atoms with E-state index in [2.05, 4.69) is 5.14 Å². The molecule has 0 fully saturated rings. The van der Waals surface area contributed by atoms with E-state index in [4.69, 9.17) is 5.73 Å². The van der Waals surface area contributed by atoms with Crippen LogP contribution in [0.1, 0.15) is 0 Å². The third-order valence-corrected chi connectivity index (χ3v) is 1.05.